The Balaban J connectivity index is 1.31. The molecule has 12 heteroatoms. The number of carbonyl (C=O) groups excluding carboxylic acids is 1. The summed E-state index contributed by atoms with van der Waals surface area (Å²) in [7, 11) is -3.69. The van der Waals surface area contributed by atoms with E-state index in [2.05, 4.69) is 9.39 Å². The average molecular weight is 485 g/mol. The van der Waals surface area contributed by atoms with E-state index >= 15 is 0 Å². The van der Waals surface area contributed by atoms with Crippen molar-refractivity contribution in [2.75, 3.05) is 13.0 Å². The van der Waals surface area contributed by atoms with E-state index < -0.39 is 15.7 Å². The van der Waals surface area contributed by atoms with Gasteiger partial charge < -0.3 is 14.2 Å². The quantitative estimate of drug-likeness (QED) is 0.518. The highest BCUT2D eigenvalue weighted by molar-refractivity contribution is 8.16. The lowest BCUT2D eigenvalue weighted by atomic mass is 10.1. The van der Waals surface area contributed by atoms with E-state index in [0.29, 0.717) is 29.4 Å². The number of nitrogens with one attached hydrogen (secondary N) is 1. The predicted molar refractivity (Wildman–Crippen MR) is 123 cm³/mol. The normalized spacial score (nSPS) is 18.3. The molecule has 1 N–H and O–H groups in total. The number of ether oxygens (including phenoxy) is 3. The van der Waals surface area contributed by atoms with Crippen LogP contribution in [-0.2, 0) is 21.2 Å². The molecule has 0 saturated carbocycles. The van der Waals surface area contributed by atoms with Crippen LogP contribution < -0.4 is 14.2 Å². The molecule has 3 aliphatic rings. The molecule has 0 fully saturated rings. The number of rotatable bonds is 4. The highest BCUT2D eigenvalue weighted by Gasteiger charge is 2.41. The molecule has 2 aromatic rings. The summed E-state index contributed by atoms with van der Waals surface area (Å²) in [5.41, 5.74) is 1.51. The van der Waals surface area contributed by atoms with Crippen molar-refractivity contribution in [2.45, 2.75) is 6.61 Å². The second-order valence-corrected chi connectivity index (χ2v) is 9.86. The van der Waals surface area contributed by atoms with Crippen LogP contribution in [-0.4, -0.2) is 48.4 Å². The van der Waals surface area contributed by atoms with Gasteiger partial charge in [-0.05, 0) is 41.5 Å². The molecule has 0 atom stereocenters. The first-order valence-electron chi connectivity index (χ1n) is 9.60. The van der Waals surface area contributed by atoms with Crippen molar-refractivity contribution in [1.29, 1.82) is 5.41 Å². The van der Waals surface area contributed by atoms with Crippen LogP contribution in [0.3, 0.4) is 0 Å². The van der Waals surface area contributed by atoms with Gasteiger partial charge in [-0.2, -0.15) is 9.39 Å². The minimum Gasteiger partial charge on any atom is -0.489 e. The highest BCUT2D eigenvalue weighted by Crippen LogP contribution is 2.33. The molecule has 10 nitrogen and oxygen atoms in total. The smallest absolute Gasteiger partial charge is 0.283 e. The molecule has 5 rings (SSSR count). The van der Waals surface area contributed by atoms with E-state index in [-0.39, 0.29) is 28.5 Å². The van der Waals surface area contributed by atoms with Crippen LogP contribution in [0.25, 0.3) is 6.08 Å². The fourth-order valence-corrected chi connectivity index (χ4v) is 5.11. The fourth-order valence-electron chi connectivity index (χ4n) is 3.26. The molecule has 2 aromatic carbocycles. The average Bonchev–Trinajstić information content (AvgIpc) is 3.42. The van der Waals surface area contributed by atoms with Crippen LogP contribution in [0.2, 0.25) is 0 Å². The first kappa shape index (κ1) is 21.2. The Morgan fingerprint density at radius 1 is 1.18 bits per heavy atom. The minimum absolute atomic E-state index is 0.0355. The van der Waals surface area contributed by atoms with Crippen LogP contribution in [0.15, 0.2) is 57.4 Å². The fraction of sp³-hybridized carbons (Fsp3) is 0.143. The summed E-state index contributed by atoms with van der Waals surface area (Å²) in [4.78, 5) is 17.4. The van der Waals surface area contributed by atoms with E-state index in [4.69, 9.17) is 19.6 Å². The summed E-state index contributed by atoms with van der Waals surface area (Å²) in [6, 6.07) is 12.5. The Hall–Kier alpha value is -3.64. The summed E-state index contributed by atoms with van der Waals surface area (Å²) in [5, 5.41) is 8.11. The van der Waals surface area contributed by atoms with Crippen molar-refractivity contribution in [3.8, 4) is 17.2 Å². The number of nitrogens with zero attached hydrogens (tertiary/aromatic N) is 3. The van der Waals surface area contributed by atoms with E-state index in [0.717, 1.165) is 28.7 Å². The number of hydrogen-bond donors (Lipinski definition) is 1. The van der Waals surface area contributed by atoms with Crippen molar-refractivity contribution in [1.82, 2.24) is 4.90 Å². The maximum atomic E-state index is 12.4. The summed E-state index contributed by atoms with van der Waals surface area (Å²) < 4.78 is 44.2. The number of fused-ring (bicyclic) bond motifs is 2. The molecule has 3 heterocycles. The van der Waals surface area contributed by atoms with Gasteiger partial charge in [-0.25, -0.2) is 13.3 Å². The van der Waals surface area contributed by atoms with Crippen molar-refractivity contribution >= 4 is 49.9 Å². The lowest BCUT2D eigenvalue weighted by Gasteiger charge is -2.23. The molecule has 0 aliphatic carbocycles. The van der Waals surface area contributed by atoms with Crippen molar-refractivity contribution in [2.24, 2.45) is 9.39 Å². The van der Waals surface area contributed by atoms with E-state index in [1.807, 2.05) is 18.2 Å². The van der Waals surface area contributed by atoms with Gasteiger partial charge in [0.15, 0.2) is 11.5 Å². The maximum Gasteiger partial charge on any atom is 0.283 e. The largest absolute Gasteiger partial charge is 0.489 e. The maximum absolute atomic E-state index is 12.4. The molecule has 0 spiro atoms. The summed E-state index contributed by atoms with van der Waals surface area (Å²) in [6.45, 7) is 0.542. The Bertz CT molecular complexity index is 1380. The van der Waals surface area contributed by atoms with Crippen molar-refractivity contribution < 1.29 is 27.4 Å². The Labute approximate surface area is 193 Å². The van der Waals surface area contributed by atoms with Crippen LogP contribution in [0.5, 0.6) is 17.2 Å². The van der Waals surface area contributed by atoms with E-state index in [9.17, 15) is 13.2 Å². The molecule has 0 saturated heterocycles. The van der Waals surface area contributed by atoms with Gasteiger partial charge in [0.2, 0.25) is 27.0 Å². The van der Waals surface area contributed by atoms with Gasteiger partial charge in [0, 0.05) is 6.26 Å². The summed E-state index contributed by atoms with van der Waals surface area (Å²) in [6.07, 6.45) is 2.47. The predicted octanol–water partition coefficient (Wildman–Crippen LogP) is 2.62. The number of carbonyl (C=O) groups is 1. The number of amidine groups is 3. The second-order valence-electron chi connectivity index (χ2n) is 7.22. The zero-order valence-electron chi connectivity index (χ0n) is 17.1. The summed E-state index contributed by atoms with van der Waals surface area (Å²) >= 11 is 0.754. The third-order valence-corrected chi connectivity index (χ3v) is 6.61. The van der Waals surface area contributed by atoms with Gasteiger partial charge in [0.1, 0.15) is 18.2 Å². The molecule has 0 bridgehead atoms. The van der Waals surface area contributed by atoms with Gasteiger partial charge in [0.25, 0.3) is 5.91 Å². The first-order chi connectivity index (χ1) is 15.8. The molecule has 1 amide bonds. The van der Waals surface area contributed by atoms with Crippen molar-refractivity contribution in [3.63, 3.8) is 0 Å². The van der Waals surface area contributed by atoms with Crippen molar-refractivity contribution in [3.05, 3.63) is 59.2 Å². The molecule has 33 heavy (non-hydrogen) atoms. The molecule has 168 valence electrons. The Morgan fingerprint density at radius 2 is 1.94 bits per heavy atom. The minimum atomic E-state index is -3.69. The molecule has 0 unspecified atom stereocenters. The van der Waals surface area contributed by atoms with Gasteiger partial charge in [-0.3, -0.25) is 10.2 Å². The topological polar surface area (TPSA) is 131 Å². The first-order valence-corrected chi connectivity index (χ1v) is 12.3. The summed E-state index contributed by atoms with van der Waals surface area (Å²) in [5.74, 6) is 1.08. The second kappa shape index (κ2) is 8.05. The highest BCUT2D eigenvalue weighted by atomic mass is 32.2. The number of amides is 1. The van der Waals surface area contributed by atoms with E-state index in [1.165, 1.54) is 6.08 Å². The monoisotopic (exact) mass is 484 g/mol. The van der Waals surface area contributed by atoms with Gasteiger partial charge in [-0.15, -0.1) is 0 Å². The van der Waals surface area contributed by atoms with Gasteiger partial charge >= 0.3 is 0 Å². The lowest BCUT2D eigenvalue weighted by Crippen LogP contribution is -2.45. The van der Waals surface area contributed by atoms with Crippen LogP contribution in [0.4, 0.5) is 0 Å². The number of benzene rings is 2. The number of hydrogen-bond acceptors (Lipinski definition) is 9. The van der Waals surface area contributed by atoms with Gasteiger partial charge in [0.05, 0.1) is 17.5 Å². The molecule has 3 aliphatic heterocycles. The molecule has 0 aromatic heterocycles. The molecule has 0 radical (unpaired) electrons. The van der Waals surface area contributed by atoms with Gasteiger partial charge in [-0.1, -0.05) is 18.2 Å². The standard InChI is InChI=1S/C21H16N4O6S2/c1-33(27,28)21-24-32-20-23-19(26)15(18(22)25(20)21)8-12-2-5-14(6-3-12)29-10-13-4-7-16-17(9-13)31-11-30-16/h2-9,22H,10-11H2,1H3. The van der Waals surface area contributed by atoms with Crippen LogP contribution in [0, 0.1) is 5.41 Å². The zero-order valence-corrected chi connectivity index (χ0v) is 18.8. The van der Waals surface area contributed by atoms with Crippen LogP contribution >= 0.6 is 11.9 Å². The SMILES string of the molecule is CS(=O)(=O)C1=NSC2=NC(=O)C(=Cc3ccc(OCc4ccc5c(c4)OCO5)cc3)C(=N)N21. The number of sulfone groups is 1. The third kappa shape index (κ3) is 4.10. The van der Waals surface area contributed by atoms with E-state index in [1.54, 1.807) is 24.3 Å². The Morgan fingerprint density at radius 3 is 2.70 bits per heavy atom. The Kier molecular flexibility index (Phi) is 5.17. The zero-order chi connectivity index (χ0) is 23.2. The lowest BCUT2D eigenvalue weighted by molar-refractivity contribution is -0.114. The molecular weight excluding hydrogens is 468 g/mol. The third-order valence-electron chi connectivity index (χ3n) is 4.86. The number of aliphatic imine (C=N–C) groups is 1. The van der Waals surface area contributed by atoms with Crippen LogP contribution in [0.1, 0.15) is 11.1 Å². The molecular formula is C21H16N4O6S2.